The average Bonchev–Trinajstić information content (AvgIpc) is 2.51. The second-order valence-corrected chi connectivity index (χ2v) is 5.19. The second kappa shape index (κ2) is 5.97. The van der Waals surface area contributed by atoms with Gasteiger partial charge in [-0.05, 0) is 12.0 Å². The highest BCUT2D eigenvalue weighted by atomic mass is 16.5. The Hall–Kier alpha value is -2.69. The molecule has 0 saturated carbocycles. The fourth-order valence-electron chi connectivity index (χ4n) is 2.62. The molecule has 1 aromatic carbocycles. The van der Waals surface area contributed by atoms with Crippen LogP contribution in [0.4, 0.5) is 5.69 Å². The molecule has 0 atom stereocenters. The molecule has 5 heteroatoms. The first-order valence-corrected chi connectivity index (χ1v) is 7.15. The van der Waals surface area contributed by atoms with Gasteiger partial charge >= 0.3 is 5.97 Å². The predicted molar refractivity (Wildman–Crippen MR) is 81.5 cm³/mol. The van der Waals surface area contributed by atoms with E-state index in [-0.39, 0.29) is 11.9 Å². The van der Waals surface area contributed by atoms with Crippen LogP contribution in [0, 0.1) is 0 Å². The molecule has 0 bridgehead atoms. The lowest BCUT2D eigenvalue weighted by Crippen LogP contribution is -2.35. The zero-order chi connectivity index (χ0) is 15.5. The lowest BCUT2D eigenvalue weighted by atomic mass is 10.0. The van der Waals surface area contributed by atoms with E-state index in [2.05, 4.69) is 4.98 Å². The highest BCUT2D eigenvalue weighted by molar-refractivity contribution is 5.96. The standard InChI is InChI=1S/C17H16N2O3/c1-12(20)22-16-10-18-9-15-14(16)7-8-17(21)19(15)11-13-5-3-2-4-6-13/h2-6,9-10H,7-8,11H2,1H3. The lowest BCUT2D eigenvalue weighted by Gasteiger charge is -2.29. The van der Waals surface area contributed by atoms with Crippen molar-refractivity contribution in [3.05, 3.63) is 53.9 Å². The number of carbonyl (C=O) groups is 2. The van der Waals surface area contributed by atoms with Gasteiger partial charge in [-0.25, -0.2) is 0 Å². The minimum Gasteiger partial charge on any atom is -0.425 e. The monoisotopic (exact) mass is 296 g/mol. The van der Waals surface area contributed by atoms with Crippen molar-refractivity contribution < 1.29 is 14.3 Å². The number of pyridine rings is 1. The van der Waals surface area contributed by atoms with Crippen molar-refractivity contribution in [3.8, 4) is 5.75 Å². The molecule has 0 spiro atoms. The van der Waals surface area contributed by atoms with Crippen LogP contribution < -0.4 is 9.64 Å². The predicted octanol–water partition coefficient (Wildman–Crippen LogP) is 2.49. The van der Waals surface area contributed by atoms with Gasteiger partial charge in [0.1, 0.15) is 0 Å². The number of nitrogens with zero attached hydrogens (tertiary/aromatic N) is 2. The Morgan fingerprint density at radius 1 is 1.23 bits per heavy atom. The van der Waals surface area contributed by atoms with Crippen molar-refractivity contribution in [2.45, 2.75) is 26.3 Å². The number of carbonyl (C=O) groups excluding carboxylic acids is 2. The van der Waals surface area contributed by atoms with Crippen LogP contribution in [0.3, 0.4) is 0 Å². The fourth-order valence-corrected chi connectivity index (χ4v) is 2.62. The number of rotatable bonds is 3. The number of benzene rings is 1. The van der Waals surface area contributed by atoms with Crippen LogP contribution in [0.5, 0.6) is 5.75 Å². The Kier molecular flexibility index (Phi) is 3.87. The van der Waals surface area contributed by atoms with E-state index in [0.717, 1.165) is 16.8 Å². The van der Waals surface area contributed by atoms with Crippen molar-refractivity contribution in [1.82, 2.24) is 4.98 Å². The van der Waals surface area contributed by atoms with E-state index in [1.165, 1.54) is 13.1 Å². The lowest BCUT2D eigenvalue weighted by molar-refractivity contribution is -0.131. The van der Waals surface area contributed by atoms with E-state index >= 15 is 0 Å². The number of aromatic nitrogens is 1. The summed E-state index contributed by atoms with van der Waals surface area (Å²) in [5.41, 5.74) is 2.63. The van der Waals surface area contributed by atoms with Crippen molar-refractivity contribution in [2.24, 2.45) is 0 Å². The Morgan fingerprint density at radius 2 is 2.00 bits per heavy atom. The van der Waals surface area contributed by atoms with Crippen LogP contribution in [-0.2, 0) is 22.6 Å². The number of anilines is 1. The van der Waals surface area contributed by atoms with E-state index in [1.54, 1.807) is 11.1 Å². The molecule has 0 saturated heterocycles. The summed E-state index contributed by atoms with van der Waals surface area (Å²) in [5, 5.41) is 0. The van der Waals surface area contributed by atoms with E-state index in [1.807, 2.05) is 30.3 Å². The first kappa shape index (κ1) is 14.3. The number of fused-ring (bicyclic) bond motifs is 1. The molecule has 1 amide bonds. The molecule has 3 rings (SSSR count). The van der Waals surface area contributed by atoms with Gasteiger partial charge in [-0.2, -0.15) is 0 Å². The highest BCUT2D eigenvalue weighted by Crippen LogP contribution is 2.34. The van der Waals surface area contributed by atoms with E-state index in [9.17, 15) is 9.59 Å². The van der Waals surface area contributed by atoms with Crippen LogP contribution >= 0.6 is 0 Å². The number of hydrogen-bond acceptors (Lipinski definition) is 4. The summed E-state index contributed by atoms with van der Waals surface area (Å²) in [4.78, 5) is 29.3. The summed E-state index contributed by atoms with van der Waals surface area (Å²) >= 11 is 0. The molecule has 2 heterocycles. The summed E-state index contributed by atoms with van der Waals surface area (Å²) in [7, 11) is 0. The number of amides is 1. The Balaban J connectivity index is 1.96. The largest absolute Gasteiger partial charge is 0.425 e. The second-order valence-electron chi connectivity index (χ2n) is 5.19. The first-order chi connectivity index (χ1) is 10.6. The maximum absolute atomic E-state index is 12.3. The maximum atomic E-state index is 12.3. The zero-order valence-corrected chi connectivity index (χ0v) is 12.3. The summed E-state index contributed by atoms with van der Waals surface area (Å²) in [5.74, 6) is 0.107. The molecule has 5 nitrogen and oxygen atoms in total. The van der Waals surface area contributed by atoms with Gasteiger partial charge in [0, 0.05) is 18.9 Å². The molecular formula is C17H16N2O3. The van der Waals surface area contributed by atoms with Gasteiger partial charge in [0.2, 0.25) is 5.91 Å². The van der Waals surface area contributed by atoms with E-state index in [0.29, 0.717) is 25.1 Å². The van der Waals surface area contributed by atoms with Gasteiger partial charge in [0.15, 0.2) is 5.75 Å². The Bertz CT molecular complexity index is 713. The van der Waals surface area contributed by atoms with Gasteiger partial charge < -0.3 is 9.64 Å². The molecule has 0 radical (unpaired) electrons. The third-order valence-corrected chi connectivity index (χ3v) is 3.61. The van der Waals surface area contributed by atoms with Crippen molar-refractivity contribution in [3.63, 3.8) is 0 Å². The smallest absolute Gasteiger partial charge is 0.308 e. The molecule has 112 valence electrons. The highest BCUT2D eigenvalue weighted by Gasteiger charge is 2.27. The summed E-state index contributed by atoms with van der Waals surface area (Å²) in [6, 6.07) is 9.78. The maximum Gasteiger partial charge on any atom is 0.308 e. The topological polar surface area (TPSA) is 59.5 Å². The third kappa shape index (κ3) is 2.83. The zero-order valence-electron chi connectivity index (χ0n) is 12.3. The van der Waals surface area contributed by atoms with Crippen molar-refractivity contribution >= 4 is 17.6 Å². The molecule has 0 fully saturated rings. The van der Waals surface area contributed by atoms with E-state index < -0.39 is 0 Å². The van der Waals surface area contributed by atoms with Crippen LogP contribution in [0.2, 0.25) is 0 Å². The number of ether oxygens (including phenoxy) is 1. The summed E-state index contributed by atoms with van der Waals surface area (Å²) in [6.07, 6.45) is 4.14. The normalized spacial score (nSPS) is 13.7. The van der Waals surface area contributed by atoms with Gasteiger partial charge in [-0.3, -0.25) is 14.6 Å². The van der Waals surface area contributed by atoms with Crippen molar-refractivity contribution in [1.29, 1.82) is 0 Å². The molecule has 2 aromatic rings. The molecular weight excluding hydrogens is 280 g/mol. The Labute approximate surface area is 128 Å². The molecule has 0 N–H and O–H groups in total. The number of esters is 1. The average molecular weight is 296 g/mol. The molecule has 1 aliphatic heterocycles. The van der Waals surface area contributed by atoms with Crippen LogP contribution in [-0.4, -0.2) is 16.9 Å². The van der Waals surface area contributed by atoms with Gasteiger partial charge in [-0.15, -0.1) is 0 Å². The van der Waals surface area contributed by atoms with Crippen LogP contribution in [0.15, 0.2) is 42.7 Å². The van der Waals surface area contributed by atoms with Gasteiger partial charge in [0.25, 0.3) is 0 Å². The van der Waals surface area contributed by atoms with Crippen LogP contribution in [0.25, 0.3) is 0 Å². The molecule has 1 aromatic heterocycles. The fraction of sp³-hybridized carbons (Fsp3) is 0.235. The van der Waals surface area contributed by atoms with E-state index in [4.69, 9.17) is 4.74 Å². The Morgan fingerprint density at radius 3 is 2.73 bits per heavy atom. The first-order valence-electron chi connectivity index (χ1n) is 7.15. The van der Waals surface area contributed by atoms with Crippen molar-refractivity contribution in [2.75, 3.05) is 4.90 Å². The molecule has 0 unspecified atom stereocenters. The molecule has 22 heavy (non-hydrogen) atoms. The van der Waals surface area contributed by atoms with Gasteiger partial charge in [-0.1, -0.05) is 30.3 Å². The SMILES string of the molecule is CC(=O)Oc1cncc2c1CCC(=O)N2Cc1ccccc1. The third-order valence-electron chi connectivity index (χ3n) is 3.61. The molecule has 1 aliphatic rings. The summed E-state index contributed by atoms with van der Waals surface area (Å²) < 4.78 is 5.21. The molecule has 0 aliphatic carbocycles. The minimum absolute atomic E-state index is 0.0538. The quantitative estimate of drug-likeness (QED) is 0.816. The number of hydrogen-bond donors (Lipinski definition) is 0. The van der Waals surface area contributed by atoms with Gasteiger partial charge in [0.05, 0.1) is 24.6 Å². The van der Waals surface area contributed by atoms with Crippen LogP contribution in [0.1, 0.15) is 24.5 Å². The summed E-state index contributed by atoms with van der Waals surface area (Å²) in [6.45, 7) is 1.84. The minimum atomic E-state index is -0.387.